The molecule has 112 valence electrons. The number of piperidine rings is 1. The third-order valence-electron chi connectivity index (χ3n) is 4.17. The summed E-state index contributed by atoms with van der Waals surface area (Å²) in [4.78, 5) is 14.7. The second kappa shape index (κ2) is 7.25. The highest BCUT2D eigenvalue weighted by molar-refractivity contribution is 5.80. The standard InChI is InChI=1S/C15H30N2O2/c1-6-16-15(5,14(18)19-7-2)11-17-12(3)9-8-10-13(17)4/h12-13,16H,6-11H2,1-5H3. The van der Waals surface area contributed by atoms with Crippen LogP contribution in [0.5, 0.6) is 0 Å². The van der Waals surface area contributed by atoms with Crippen molar-refractivity contribution in [2.75, 3.05) is 19.7 Å². The molecule has 0 bridgehead atoms. The van der Waals surface area contributed by atoms with Crippen molar-refractivity contribution in [1.82, 2.24) is 10.2 Å². The van der Waals surface area contributed by atoms with Gasteiger partial charge in [-0.15, -0.1) is 0 Å². The molecule has 0 spiro atoms. The number of likely N-dealkylation sites (tertiary alicyclic amines) is 1. The van der Waals surface area contributed by atoms with Gasteiger partial charge in [-0.2, -0.15) is 0 Å². The van der Waals surface area contributed by atoms with Crippen molar-refractivity contribution in [3.8, 4) is 0 Å². The third-order valence-corrected chi connectivity index (χ3v) is 4.17. The number of hydrogen-bond donors (Lipinski definition) is 1. The van der Waals surface area contributed by atoms with Crippen molar-refractivity contribution >= 4 is 5.97 Å². The molecule has 4 nitrogen and oxygen atoms in total. The van der Waals surface area contributed by atoms with Gasteiger partial charge in [-0.1, -0.05) is 13.3 Å². The van der Waals surface area contributed by atoms with E-state index in [1.165, 1.54) is 19.3 Å². The lowest BCUT2D eigenvalue weighted by Crippen LogP contribution is -2.61. The van der Waals surface area contributed by atoms with E-state index in [0.717, 1.165) is 13.1 Å². The Kier molecular flexibility index (Phi) is 6.27. The number of likely N-dealkylation sites (N-methyl/N-ethyl adjacent to an activating group) is 1. The van der Waals surface area contributed by atoms with Crippen LogP contribution in [0.1, 0.15) is 53.9 Å². The number of esters is 1. The minimum absolute atomic E-state index is 0.137. The molecule has 0 saturated carbocycles. The zero-order chi connectivity index (χ0) is 14.5. The van der Waals surface area contributed by atoms with Crippen molar-refractivity contribution < 1.29 is 9.53 Å². The number of nitrogens with zero attached hydrogens (tertiary/aromatic N) is 1. The Morgan fingerprint density at radius 2 is 1.89 bits per heavy atom. The van der Waals surface area contributed by atoms with Gasteiger partial charge in [0.15, 0.2) is 0 Å². The van der Waals surface area contributed by atoms with Crippen LogP contribution in [0.3, 0.4) is 0 Å². The van der Waals surface area contributed by atoms with Gasteiger partial charge in [0.25, 0.3) is 0 Å². The zero-order valence-electron chi connectivity index (χ0n) is 13.2. The fourth-order valence-electron chi connectivity index (χ4n) is 3.02. The smallest absolute Gasteiger partial charge is 0.327 e. The summed E-state index contributed by atoms with van der Waals surface area (Å²) in [5, 5.41) is 3.32. The Hall–Kier alpha value is -0.610. The molecule has 0 amide bonds. The summed E-state index contributed by atoms with van der Waals surface area (Å²) in [5.74, 6) is -0.137. The lowest BCUT2D eigenvalue weighted by atomic mass is 9.93. The molecule has 0 radical (unpaired) electrons. The maximum atomic E-state index is 12.2. The molecular formula is C15H30N2O2. The Bertz CT molecular complexity index is 286. The van der Waals surface area contributed by atoms with Crippen molar-refractivity contribution in [2.24, 2.45) is 0 Å². The topological polar surface area (TPSA) is 41.6 Å². The van der Waals surface area contributed by atoms with Crippen LogP contribution in [0.25, 0.3) is 0 Å². The van der Waals surface area contributed by atoms with Gasteiger partial charge in [-0.05, 0) is 47.1 Å². The molecule has 19 heavy (non-hydrogen) atoms. The predicted octanol–water partition coefficient (Wildman–Crippen LogP) is 2.18. The van der Waals surface area contributed by atoms with Crippen molar-refractivity contribution in [2.45, 2.75) is 71.5 Å². The Morgan fingerprint density at radius 3 is 2.37 bits per heavy atom. The molecule has 1 aliphatic rings. The van der Waals surface area contributed by atoms with Gasteiger partial charge in [0.1, 0.15) is 5.54 Å². The Morgan fingerprint density at radius 1 is 1.32 bits per heavy atom. The molecule has 1 saturated heterocycles. The monoisotopic (exact) mass is 270 g/mol. The number of carbonyl (C=O) groups is 1. The molecule has 3 unspecified atom stereocenters. The Labute approximate surface area is 117 Å². The van der Waals surface area contributed by atoms with E-state index in [0.29, 0.717) is 18.7 Å². The molecule has 1 heterocycles. The fourth-order valence-corrected chi connectivity index (χ4v) is 3.02. The largest absolute Gasteiger partial charge is 0.465 e. The molecule has 0 aromatic rings. The van der Waals surface area contributed by atoms with E-state index < -0.39 is 5.54 Å². The molecule has 1 aliphatic heterocycles. The van der Waals surface area contributed by atoms with E-state index in [1.54, 1.807) is 0 Å². The molecule has 0 aromatic heterocycles. The quantitative estimate of drug-likeness (QED) is 0.751. The first-order valence-corrected chi connectivity index (χ1v) is 7.62. The van der Waals surface area contributed by atoms with E-state index in [4.69, 9.17) is 4.74 Å². The summed E-state index contributed by atoms with van der Waals surface area (Å²) in [6, 6.07) is 1.08. The summed E-state index contributed by atoms with van der Waals surface area (Å²) in [6.07, 6.45) is 3.72. The van der Waals surface area contributed by atoms with Gasteiger partial charge in [0.2, 0.25) is 0 Å². The average Bonchev–Trinajstić information content (AvgIpc) is 2.35. The minimum Gasteiger partial charge on any atom is -0.465 e. The van der Waals surface area contributed by atoms with Gasteiger partial charge in [-0.25, -0.2) is 0 Å². The van der Waals surface area contributed by atoms with Crippen LogP contribution in [-0.2, 0) is 9.53 Å². The molecule has 3 atom stereocenters. The van der Waals surface area contributed by atoms with Crippen LogP contribution in [-0.4, -0.2) is 48.2 Å². The Balaban J connectivity index is 2.78. The molecule has 4 heteroatoms. The fraction of sp³-hybridized carbons (Fsp3) is 0.933. The van der Waals surface area contributed by atoms with Gasteiger partial charge in [0, 0.05) is 18.6 Å². The molecule has 1 N–H and O–H groups in total. The van der Waals surface area contributed by atoms with Crippen molar-refractivity contribution in [1.29, 1.82) is 0 Å². The lowest BCUT2D eigenvalue weighted by molar-refractivity contribution is -0.152. The van der Waals surface area contributed by atoms with E-state index in [1.807, 2.05) is 20.8 Å². The van der Waals surface area contributed by atoms with Gasteiger partial charge in [0.05, 0.1) is 6.61 Å². The highest BCUT2D eigenvalue weighted by Gasteiger charge is 2.39. The summed E-state index contributed by atoms with van der Waals surface area (Å²) < 4.78 is 5.24. The summed E-state index contributed by atoms with van der Waals surface area (Å²) in [6.45, 7) is 12.3. The van der Waals surface area contributed by atoms with E-state index in [-0.39, 0.29) is 5.97 Å². The number of carbonyl (C=O) groups excluding carboxylic acids is 1. The SMILES string of the molecule is CCNC(C)(CN1C(C)CCCC1C)C(=O)OCC. The number of hydrogen-bond acceptors (Lipinski definition) is 4. The van der Waals surface area contributed by atoms with E-state index in [9.17, 15) is 4.79 Å². The highest BCUT2D eigenvalue weighted by atomic mass is 16.5. The molecular weight excluding hydrogens is 240 g/mol. The normalized spacial score (nSPS) is 27.8. The molecule has 1 fully saturated rings. The average molecular weight is 270 g/mol. The van der Waals surface area contributed by atoms with Crippen LogP contribution < -0.4 is 5.32 Å². The second-order valence-electron chi connectivity index (χ2n) is 5.88. The number of rotatable bonds is 6. The van der Waals surface area contributed by atoms with Crippen LogP contribution in [0.15, 0.2) is 0 Å². The zero-order valence-corrected chi connectivity index (χ0v) is 13.2. The first-order chi connectivity index (χ1) is 8.94. The predicted molar refractivity (Wildman–Crippen MR) is 78.2 cm³/mol. The molecule has 1 rings (SSSR count). The summed E-state index contributed by atoms with van der Waals surface area (Å²) in [5.41, 5.74) is -0.607. The maximum absolute atomic E-state index is 12.2. The van der Waals surface area contributed by atoms with Crippen LogP contribution in [0.2, 0.25) is 0 Å². The highest BCUT2D eigenvalue weighted by Crippen LogP contribution is 2.25. The maximum Gasteiger partial charge on any atom is 0.327 e. The third kappa shape index (κ3) is 4.18. The van der Waals surface area contributed by atoms with Crippen molar-refractivity contribution in [3.63, 3.8) is 0 Å². The van der Waals surface area contributed by atoms with Crippen molar-refractivity contribution in [3.05, 3.63) is 0 Å². The minimum atomic E-state index is -0.607. The van der Waals surface area contributed by atoms with Crippen LogP contribution in [0, 0.1) is 0 Å². The number of ether oxygens (including phenoxy) is 1. The first kappa shape index (κ1) is 16.4. The second-order valence-corrected chi connectivity index (χ2v) is 5.88. The van der Waals surface area contributed by atoms with Crippen LogP contribution in [0.4, 0.5) is 0 Å². The summed E-state index contributed by atoms with van der Waals surface area (Å²) in [7, 11) is 0. The van der Waals surface area contributed by atoms with Gasteiger partial charge >= 0.3 is 5.97 Å². The molecule has 0 aromatic carbocycles. The van der Waals surface area contributed by atoms with E-state index >= 15 is 0 Å². The van der Waals surface area contributed by atoms with Gasteiger partial charge in [-0.3, -0.25) is 9.69 Å². The lowest BCUT2D eigenvalue weighted by Gasteiger charge is -2.43. The van der Waals surface area contributed by atoms with E-state index in [2.05, 4.69) is 24.1 Å². The van der Waals surface area contributed by atoms with Gasteiger partial charge < -0.3 is 10.1 Å². The summed E-state index contributed by atoms with van der Waals surface area (Å²) >= 11 is 0. The number of nitrogens with one attached hydrogen (secondary N) is 1. The van der Waals surface area contributed by atoms with Crippen LogP contribution >= 0.6 is 0 Å². The first-order valence-electron chi connectivity index (χ1n) is 7.62. The molecule has 0 aliphatic carbocycles.